The van der Waals surface area contributed by atoms with Crippen LogP contribution in [0.25, 0.3) is 11.0 Å². The van der Waals surface area contributed by atoms with Gasteiger partial charge in [0.1, 0.15) is 5.65 Å². The predicted octanol–water partition coefficient (Wildman–Crippen LogP) is 4.41. The van der Waals surface area contributed by atoms with Gasteiger partial charge in [-0.3, -0.25) is 4.79 Å². The number of nitrogens with zero attached hydrogens (tertiary/aromatic N) is 2. The summed E-state index contributed by atoms with van der Waals surface area (Å²) in [5.74, 6) is -0.243. The number of nitrogens with one attached hydrogen (secondary N) is 1. The van der Waals surface area contributed by atoms with Gasteiger partial charge in [0.2, 0.25) is 0 Å². The highest BCUT2D eigenvalue weighted by Crippen LogP contribution is 2.36. The van der Waals surface area contributed by atoms with Gasteiger partial charge in [-0.1, -0.05) is 13.0 Å². The molecule has 3 heterocycles. The van der Waals surface area contributed by atoms with Gasteiger partial charge in [-0.05, 0) is 44.7 Å². The van der Waals surface area contributed by atoms with E-state index in [0.717, 1.165) is 5.69 Å². The molecule has 0 fully saturated rings. The molecule has 154 valence electrons. The van der Waals surface area contributed by atoms with Gasteiger partial charge in [-0.15, -0.1) is 11.3 Å². The Bertz CT molecular complexity index is 1040. The maximum atomic E-state index is 12.6. The summed E-state index contributed by atoms with van der Waals surface area (Å²) >= 11 is 1.37. The largest absolute Gasteiger partial charge is 0.488 e. The molecule has 1 N–H and O–H groups in total. The summed E-state index contributed by atoms with van der Waals surface area (Å²) < 4.78 is 12.9. The van der Waals surface area contributed by atoms with Crippen LogP contribution in [0.2, 0.25) is 0 Å². The molecular weight excluding hydrogens is 390 g/mol. The molecule has 0 aliphatic carbocycles. The third-order valence-electron chi connectivity index (χ3n) is 4.34. The zero-order valence-electron chi connectivity index (χ0n) is 17.2. The summed E-state index contributed by atoms with van der Waals surface area (Å²) in [7, 11) is 1.76. The molecule has 7 nitrogen and oxygen atoms in total. The fourth-order valence-corrected chi connectivity index (χ4v) is 3.72. The van der Waals surface area contributed by atoms with E-state index in [1.165, 1.54) is 11.3 Å². The Labute approximate surface area is 173 Å². The van der Waals surface area contributed by atoms with Crippen molar-refractivity contribution in [1.82, 2.24) is 9.55 Å². The summed E-state index contributed by atoms with van der Waals surface area (Å²) in [6.45, 7) is 7.77. The molecule has 3 rings (SSSR count). The second-order valence-corrected chi connectivity index (χ2v) is 7.71. The standard InChI is InChI=1S/C21H25N3O4S/c1-6-14-15(23-20(25)16-9-8-10-29-16)11-13-18(28-12(3)4)17(21(26)27-7-2)24(5)19(13)22-14/h8-12H,6-7H2,1-5H3,(H,23,25). The van der Waals surface area contributed by atoms with Crippen LogP contribution in [-0.2, 0) is 18.2 Å². The smallest absolute Gasteiger partial charge is 0.358 e. The lowest BCUT2D eigenvalue weighted by Crippen LogP contribution is -2.14. The first-order valence-corrected chi connectivity index (χ1v) is 10.5. The molecule has 0 unspecified atom stereocenters. The summed E-state index contributed by atoms with van der Waals surface area (Å²) in [6, 6.07) is 5.43. The summed E-state index contributed by atoms with van der Waals surface area (Å²) in [5, 5.41) is 5.46. The van der Waals surface area contributed by atoms with Crippen LogP contribution in [0.3, 0.4) is 0 Å². The molecule has 0 saturated heterocycles. The number of anilines is 1. The minimum absolute atomic E-state index is 0.149. The first-order chi connectivity index (χ1) is 13.9. The molecular formula is C21H25N3O4S. The van der Waals surface area contributed by atoms with Crippen LogP contribution in [0, 0.1) is 0 Å². The molecule has 0 saturated carbocycles. The van der Waals surface area contributed by atoms with Crippen molar-refractivity contribution >= 4 is 39.9 Å². The number of ether oxygens (including phenoxy) is 2. The van der Waals surface area contributed by atoms with Crippen molar-refractivity contribution in [2.45, 2.75) is 40.2 Å². The molecule has 3 aromatic heterocycles. The molecule has 0 spiro atoms. The Hall–Kier alpha value is -2.87. The van der Waals surface area contributed by atoms with Crippen LogP contribution in [0.1, 0.15) is 53.5 Å². The van der Waals surface area contributed by atoms with Gasteiger partial charge >= 0.3 is 5.97 Å². The lowest BCUT2D eigenvalue weighted by atomic mass is 10.2. The van der Waals surface area contributed by atoms with Gasteiger partial charge in [-0.25, -0.2) is 9.78 Å². The van der Waals surface area contributed by atoms with E-state index in [1.807, 2.05) is 38.3 Å². The number of esters is 1. The molecule has 0 radical (unpaired) electrons. The first kappa shape index (κ1) is 20.9. The third kappa shape index (κ3) is 4.12. The van der Waals surface area contributed by atoms with Crippen LogP contribution >= 0.6 is 11.3 Å². The quantitative estimate of drug-likeness (QED) is 0.578. The Morgan fingerprint density at radius 1 is 1.31 bits per heavy atom. The molecule has 8 heteroatoms. The maximum Gasteiger partial charge on any atom is 0.358 e. The zero-order chi connectivity index (χ0) is 21.1. The number of hydrogen-bond donors (Lipinski definition) is 1. The number of carbonyl (C=O) groups excluding carboxylic acids is 2. The van der Waals surface area contributed by atoms with Gasteiger partial charge in [0.15, 0.2) is 11.4 Å². The van der Waals surface area contributed by atoms with Gasteiger partial charge in [0.05, 0.1) is 34.4 Å². The Morgan fingerprint density at radius 2 is 2.07 bits per heavy atom. The number of carbonyl (C=O) groups is 2. The first-order valence-electron chi connectivity index (χ1n) is 9.58. The number of fused-ring (bicyclic) bond motifs is 1. The topological polar surface area (TPSA) is 82.4 Å². The number of amides is 1. The van der Waals surface area contributed by atoms with Crippen molar-refractivity contribution in [2.75, 3.05) is 11.9 Å². The number of hydrogen-bond acceptors (Lipinski definition) is 6. The summed E-state index contributed by atoms with van der Waals surface area (Å²) in [4.78, 5) is 30.5. The van der Waals surface area contributed by atoms with Gasteiger partial charge < -0.3 is 19.4 Å². The van der Waals surface area contributed by atoms with E-state index in [9.17, 15) is 9.59 Å². The average Bonchev–Trinajstić information content (AvgIpc) is 3.29. The van der Waals surface area contributed by atoms with Crippen LogP contribution in [0.15, 0.2) is 23.6 Å². The molecule has 1 amide bonds. The van der Waals surface area contributed by atoms with Crippen molar-refractivity contribution in [2.24, 2.45) is 7.05 Å². The molecule has 0 atom stereocenters. The fraction of sp³-hybridized carbons (Fsp3) is 0.381. The summed E-state index contributed by atoms with van der Waals surface area (Å²) in [6.07, 6.45) is 0.472. The minimum atomic E-state index is -0.467. The lowest BCUT2D eigenvalue weighted by Gasteiger charge is -2.12. The van der Waals surface area contributed by atoms with Crippen molar-refractivity contribution in [3.8, 4) is 5.75 Å². The highest BCUT2D eigenvalue weighted by atomic mass is 32.1. The molecule has 0 aliphatic rings. The average molecular weight is 416 g/mol. The fourth-order valence-electron chi connectivity index (χ4n) is 3.10. The molecule has 29 heavy (non-hydrogen) atoms. The SMILES string of the molecule is CCOC(=O)c1c(OC(C)C)c2cc(NC(=O)c3cccs3)c(CC)nc2n1C. The van der Waals surface area contributed by atoms with E-state index in [0.29, 0.717) is 39.5 Å². The number of thiophene rings is 1. The molecule has 3 aromatic rings. The normalized spacial score (nSPS) is 11.1. The number of aryl methyl sites for hydroxylation is 2. The van der Waals surface area contributed by atoms with Crippen molar-refractivity contribution in [3.63, 3.8) is 0 Å². The zero-order valence-corrected chi connectivity index (χ0v) is 18.1. The Morgan fingerprint density at radius 3 is 2.66 bits per heavy atom. The molecule has 0 bridgehead atoms. The van der Waals surface area contributed by atoms with E-state index < -0.39 is 5.97 Å². The second-order valence-electron chi connectivity index (χ2n) is 6.76. The van der Waals surface area contributed by atoms with E-state index in [1.54, 1.807) is 24.6 Å². The van der Waals surface area contributed by atoms with Crippen molar-refractivity contribution in [3.05, 3.63) is 39.8 Å². The Kier molecular flexibility index (Phi) is 6.22. The van der Waals surface area contributed by atoms with Crippen LogP contribution in [0.4, 0.5) is 5.69 Å². The third-order valence-corrected chi connectivity index (χ3v) is 5.21. The second kappa shape index (κ2) is 8.65. The molecule has 0 aliphatic heterocycles. The van der Waals surface area contributed by atoms with Gasteiger partial charge in [-0.2, -0.15) is 0 Å². The predicted molar refractivity (Wildman–Crippen MR) is 114 cm³/mol. The van der Waals surface area contributed by atoms with E-state index in [2.05, 4.69) is 5.32 Å². The van der Waals surface area contributed by atoms with Gasteiger partial charge in [0, 0.05) is 7.05 Å². The number of pyridine rings is 1. The highest BCUT2D eigenvalue weighted by Gasteiger charge is 2.26. The maximum absolute atomic E-state index is 12.6. The number of aromatic nitrogens is 2. The van der Waals surface area contributed by atoms with Crippen LogP contribution in [-0.4, -0.2) is 34.1 Å². The van der Waals surface area contributed by atoms with Crippen LogP contribution < -0.4 is 10.1 Å². The molecule has 0 aromatic carbocycles. The van der Waals surface area contributed by atoms with Gasteiger partial charge in [0.25, 0.3) is 5.91 Å². The highest BCUT2D eigenvalue weighted by molar-refractivity contribution is 7.12. The number of rotatable bonds is 7. The van der Waals surface area contributed by atoms with E-state index in [4.69, 9.17) is 14.5 Å². The monoisotopic (exact) mass is 415 g/mol. The minimum Gasteiger partial charge on any atom is -0.488 e. The van der Waals surface area contributed by atoms with Crippen LogP contribution in [0.5, 0.6) is 5.75 Å². The van der Waals surface area contributed by atoms with Crippen molar-refractivity contribution < 1.29 is 19.1 Å². The van der Waals surface area contributed by atoms with Crippen molar-refractivity contribution in [1.29, 1.82) is 0 Å². The van der Waals surface area contributed by atoms with E-state index >= 15 is 0 Å². The summed E-state index contributed by atoms with van der Waals surface area (Å²) in [5.41, 5.74) is 2.25. The lowest BCUT2D eigenvalue weighted by molar-refractivity contribution is 0.0509. The Balaban J connectivity index is 2.16. The van der Waals surface area contributed by atoms with E-state index in [-0.39, 0.29) is 18.6 Å².